The van der Waals surface area contributed by atoms with Crippen LogP contribution >= 0.6 is 0 Å². The minimum Gasteiger partial charge on any atom is -0.309 e. The minimum absolute atomic E-state index is 0.114. The lowest BCUT2D eigenvalue weighted by molar-refractivity contribution is 0.660. The van der Waals surface area contributed by atoms with E-state index in [4.69, 9.17) is 9.97 Å². The van der Waals surface area contributed by atoms with Crippen LogP contribution in [0, 0.1) is 0 Å². The second-order valence-corrected chi connectivity index (χ2v) is 15.8. The molecule has 0 spiro atoms. The number of hydrogen-bond donors (Lipinski definition) is 0. The van der Waals surface area contributed by atoms with Gasteiger partial charge < -0.3 is 4.57 Å². The van der Waals surface area contributed by atoms with Crippen LogP contribution in [0.15, 0.2) is 200 Å². The summed E-state index contributed by atoms with van der Waals surface area (Å²) in [6.45, 7) is 4.69. The Morgan fingerprint density at radius 3 is 1.53 bits per heavy atom. The summed E-state index contributed by atoms with van der Waals surface area (Å²) in [5, 5.41) is 2.50. The summed E-state index contributed by atoms with van der Waals surface area (Å²) in [5.41, 5.74) is 18.1. The molecule has 10 aromatic rings. The van der Waals surface area contributed by atoms with Crippen molar-refractivity contribution in [3.05, 3.63) is 211 Å². The average Bonchev–Trinajstić information content (AvgIpc) is 3.75. The molecule has 2 heterocycles. The summed E-state index contributed by atoms with van der Waals surface area (Å²) < 4.78 is 2.39. The van der Waals surface area contributed by atoms with E-state index in [1.165, 1.54) is 49.6 Å². The van der Waals surface area contributed by atoms with Crippen molar-refractivity contribution in [1.29, 1.82) is 0 Å². The van der Waals surface area contributed by atoms with Gasteiger partial charge in [-0.25, -0.2) is 9.97 Å². The molecule has 1 aliphatic rings. The summed E-state index contributed by atoms with van der Waals surface area (Å²) in [6.07, 6.45) is 0. The first kappa shape index (κ1) is 33.9. The van der Waals surface area contributed by atoms with E-state index in [-0.39, 0.29) is 5.41 Å². The highest BCUT2D eigenvalue weighted by molar-refractivity contribution is 6.09. The number of para-hydroxylation sites is 2. The minimum atomic E-state index is -0.114. The van der Waals surface area contributed by atoms with Gasteiger partial charge in [-0.05, 0) is 99.1 Å². The van der Waals surface area contributed by atoms with Gasteiger partial charge in [-0.1, -0.05) is 159 Å². The van der Waals surface area contributed by atoms with Crippen molar-refractivity contribution in [2.75, 3.05) is 0 Å². The molecule has 0 amide bonds. The standard InChI is InChI=1S/C55H39N3/c1-55(2)48-25-12-9-22-44(48)45-29-28-39(34-49(45)55)41-30-40(38-20-15-21-43(33-38)58-52-26-13-10-23-46(52)47-24-11-14-27-53(47)58)31-42(32-41)54-56-50(36-16-5-3-6-17-36)35-51(57-54)37-18-7-4-8-19-37/h3-35H,1-2H3. The van der Waals surface area contributed by atoms with Gasteiger partial charge in [-0.3, -0.25) is 0 Å². The molecule has 0 saturated heterocycles. The van der Waals surface area contributed by atoms with Crippen LogP contribution in [-0.4, -0.2) is 14.5 Å². The van der Waals surface area contributed by atoms with Crippen molar-refractivity contribution in [3.8, 4) is 73.0 Å². The van der Waals surface area contributed by atoms with Crippen molar-refractivity contribution < 1.29 is 0 Å². The Balaban J connectivity index is 1.13. The highest BCUT2D eigenvalue weighted by atomic mass is 15.0. The van der Waals surface area contributed by atoms with Gasteiger partial charge in [0.25, 0.3) is 0 Å². The Labute approximate surface area is 338 Å². The van der Waals surface area contributed by atoms with Gasteiger partial charge in [0.15, 0.2) is 5.82 Å². The van der Waals surface area contributed by atoms with E-state index in [0.717, 1.165) is 50.5 Å². The average molecular weight is 742 g/mol. The Hall–Kier alpha value is -7.36. The van der Waals surface area contributed by atoms with Crippen LogP contribution in [0.25, 0.3) is 94.8 Å². The summed E-state index contributed by atoms with van der Waals surface area (Å²) in [6, 6.07) is 72.0. The summed E-state index contributed by atoms with van der Waals surface area (Å²) in [7, 11) is 0. The van der Waals surface area contributed by atoms with E-state index < -0.39 is 0 Å². The van der Waals surface area contributed by atoms with Crippen molar-refractivity contribution >= 4 is 21.8 Å². The quantitative estimate of drug-likeness (QED) is 0.170. The number of fused-ring (bicyclic) bond motifs is 6. The molecule has 8 aromatic carbocycles. The molecular weight excluding hydrogens is 703 g/mol. The fraction of sp³-hybridized carbons (Fsp3) is 0.0545. The lowest BCUT2D eigenvalue weighted by Gasteiger charge is -2.22. The molecular formula is C55H39N3. The van der Waals surface area contributed by atoms with Crippen LogP contribution in [0.2, 0.25) is 0 Å². The van der Waals surface area contributed by atoms with Gasteiger partial charge in [0.05, 0.1) is 22.4 Å². The van der Waals surface area contributed by atoms with E-state index in [1.807, 2.05) is 12.1 Å². The lowest BCUT2D eigenvalue weighted by Crippen LogP contribution is -2.14. The van der Waals surface area contributed by atoms with Gasteiger partial charge in [-0.15, -0.1) is 0 Å². The molecule has 0 bridgehead atoms. The highest BCUT2D eigenvalue weighted by Crippen LogP contribution is 2.50. The zero-order valence-corrected chi connectivity index (χ0v) is 32.4. The zero-order chi connectivity index (χ0) is 38.8. The highest BCUT2D eigenvalue weighted by Gasteiger charge is 2.35. The van der Waals surface area contributed by atoms with Gasteiger partial charge in [0.1, 0.15) is 0 Å². The molecule has 0 N–H and O–H groups in total. The van der Waals surface area contributed by atoms with E-state index in [9.17, 15) is 0 Å². The topological polar surface area (TPSA) is 30.7 Å². The third-order valence-electron chi connectivity index (χ3n) is 12.0. The molecule has 0 unspecified atom stereocenters. The Morgan fingerprint density at radius 1 is 0.362 bits per heavy atom. The van der Waals surface area contributed by atoms with Crippen molar-refractivity contribution in [2.24, 2.45) is 0 Å². The largest absolute Gasteiger partial charge is 0.309 e. The van der Waals surface area contributed by atoms with Gasteiger partial charge in [0.2, 0.25) is 0 Å². The van der Waals surface area contributed by atoms with Crippen LogP contribution in [0.4, 0.5) is 0 Å². The maximum absolute atomic E-state index is 5.29. The first-order valence-electron chi connectivity index (χ1n) is 20.0. The van der Waals surface area contributed by atoms with Crippen LogP contribution in [0.1, 0.15) is 25.0 Å². The van der Waals surface area contributed by atoms with Crippen LogP contribution < -0.4 is 0 Å². The molecule has 1 aliphatic carbocycles. The molecule has 0 fully saturated rings. The van der Waals surface area contributed by atoms with Gasteiger partial charge in [0, 0.05) is 38.6 Å². The molecule has 274 valence electrons. The molecule has 2 aromatic heterocycles. The Bertz CT molecular complexity index is 3080. The van der Waals surface area contributed by atoms with E-state index >= 15 is 0 Å². The summed E-state index contributed by atoms with van der Waals surface area (Å²) >= 11 is 0. The van der Waals surface area contributed by atoms with Gasteiger partial charge >= 0.3 is 0 Å². The first-order chi connectivity index (χ1) is 28.5. The van der Waals surface area contributed by atoms with Crippen LogP contribution in [-0.2, 0) is 5.41 Å². The molecule has 0 atom stereocenters. The monoisotopic (exact) mass is 741 g/mol. The van der Waals surface area contributed by atoms with Crippen LogP contribution in [0.5, 0.6) is 0 Å². The summed E-state index contributed by atoms with van der Waals surface area (Å²) in [5.74, 6) is 0.691. The van der Waals surface area contributed by atoms with Gasteiger partial charge in [-0.2, -0.15) is 0 Å². The first-order valence-corrected chi connectivity index (χ1v) is 20.0. The maximum atomic E-state index is 5.29. The van der Waals surface area contributed by atoms with Crippen molar-refractivity contribution in [3.63, 3.8) is 0 Å². The molecule has 3 nitrogen and oxygen atoms in total. The molecule has 0 radical (unpaired) electrons. The number of aromatic nitrogens is 3. The van der Waals surface area contributed by atoms with E-state index in [2.05, 4.69) is 206 Å². The molecule has 11 rings (SSSR count). The smallest absolute Gasteiger partial charge is 0.160 e. The second-order valence-electron chi connectivity index (χ2n) is 15.8. The number of nitrogens with zero attached hydrogens (tertiary/aromatic N) is 3. The third-order valence-corrected chi connectivity index (χ3v) is 12.0. The van der Waals surface area contributed by atoms with Crippen LogP contribution in [0.3, 0.4) is 0 Å². The van der Waals surface area contributed by atoms with E-state index in [1.54, 1.807) is 0 Å². The third kappa shape index (κ3) is 5.58. The fourth-order valence-electron chi connectivity index (χ4n) is 9.09. The molecule has 0 saturated carbocycles. The normalized spacial score (nSPS) is 12.8. The number of benzene rings is 8. The lowest BCUT2D eigenvalue weighted by atomic mass is 9.81. The zero-order valence-electron chi connectivity index (χ0n) is 32.4. The molecule has 58 heavy (non-hydrogen) atoms. The molecule has 0 aliphatic heterocycles. The summed E-state index contributed by atoms with van der Waals surface area (Å²) in [4.78, 5) is 10.6. The van der Waals surface area contributed by atoms with Crippen molar-refractivity contribution in [2.45, 2.75) is 19.3 Å². The predicted molar refractivity (Wildman–Crippen MR) is 241 cm³/mol. The van der Waals surface area contributed by atoms with E-state index in [0.29, 0.717) is 5.82 Å². The number of hydrogen-bond acceptors (Lipinski definition) is 2. The molecule has 3 heteroatoms. The predicted octanol–water partition coefficient (Wildman–Crippen LogP) is 14.2. The SMILES string of the molecule is CC1(C)c2ccccc2-c2ccc(-c3cc(-c4cccc(-n5c6ccccc6c6ccccc65)c4)cc(-c4nc(-c5ccccc5)cc(-c5ccccc5)n4)c3)cc21. The Kier molecular flexibility index (Phi) is 7.84. The fourth-order valence-corrected chi connectivity index (χ4v) is 9.09. The van der Waals surface area contributed by atoms with Crippen molar-refractivity contribution in [1.82, 2.24) is 14.5 Å². The second kappa shape index (κ2) is 13.4. The maximum Gasteiger partial charge on any atom is 0.160 e. The Morgan fingerprint density at radius 2 is 0.879 bits per heavy atom. The number of rotatable bonds is 6.